The molecule has 0 aliphatic carbocycles. The van der Waals surface area contributed by atoms with E-state index < -0.39 is 15.1 Å². The molecule has 0 saturated carbocycles. The van der Waals surface area contributed by atoms with E-state index in [0.717, 1.165) is 0 Å². The van der Waals surface area contributed by atoms with Gasteiger partial charge in [-0.25, -0.2) is 13.4 Å². The predicted molar refractivity (Wildman–Crippen MR) is 110 cm³/mol. The Hall–Kier alpha value is -2.71. The Labute approximate surface area is 172 Å². The predicted octanol–water partition coefficient (Wildman–Crippen LogP) is 2.12. The molecule has 2 aromatic carbocycles. The van der Waals surface area contributed by atoms with Crippen molar-refractivity contribution in [3.05, 3.63) is 70.2 Å². The molecule has 0 radical (unpaired) electrons. The summed E-state index contributed by atoms with van der Waals surface area (Å²) < 4.78 is 26.9. The van der Waals surface area contributed by atoms with Gasteiger partial charge in [-0.1, -0.05) is 23.7 Å². The number of carbonyl (C=O) groups excluding carboxylic acids is 1. The van der Waals surface area contributed by atoms with Crippen molar-refractivity contribution in [1.82, 2.24) is 14.5 Å². The largest absolute Gasteiger partial charge is 0.340 e. The first-order chi connectivity index (χ1) is 13.9. The van der Waals surface area contributed by atoms with Crippen LogP contribution >= 0.6 is 11.6 Å². The van der Waals surface area contributed by atoms with Crippen molar-refractivity contribution in [1.29, 1.82) is 0 Å². The number of hydrogen-bond acceptors (Lipinski definition) is 5. The van der Waals surface area contributed by atoms with Gasteiger partial charge < -0.3 is 4.90 Å². The van der Waals surface area contributed by atoms with E-state index in [-0.39, 0.29) is 29.5 Å². The minimum Gasteiger partial charge on any atom is -0.340 e. The van der Waals surface area contributed by atoms with E-state index in [1.807, 2.05) is 0 Å². The molecule has 2 heterocycles. The van der Waals surface area contributed by atoms with Crippen molar-refractivity contribution >= 4 is 38.2 Å². The molecule has 29 heavy (non-hydrogen) atoms. The van der Waals surface area contributed by atoms with Crippen molar-refractivity contribution in [2.24, 2.45) is 0 Å². The summed E-state index contributed by atoms with van der Waals surface area (Å²) in [5.74, 6) is -0.307. The molecule has 1 aromatic heterocycles. The minimum atomic E-state index is -3.57. The van der Waals surface area contributed by atoms with Crippen LogP contribution in [0.3, 0.4) is 0 Å². The van der Waals surface area contributed by atoms with Gasteiger partial charge in [0.25, 0.3) is 5.56 Å². The minimum absolute atomic E-state index is 0.0968. The third-order valence-corrected chi connectivity index (χ3v) is 7.56. The fourth-order valence-electron chi connectivity index (χ4n) is 3.49. The van der Waals surface area contributed by atoms with Crippen LogP contribution in [-0.2, 0) is 21.2 Å². The van der Waals surface area contributed by atoms with Gasteiger partial charge in [0.05, 0.1) is 27.4 Å². The van der Waals surface area contributed by atoms with Gasteiger partial charge in [-0.2, -0.15) is 0 Å². The molecule has 0 N–H and O–H groups in total. The molecule has 1 unspecified atom stereocenters. The first-order valence-electron chi connectivity index (χ1n) is 9.08. The molecule has 1 aliphatic heterocycles. The highest BCUT2D eigenvalue weighted by Gasteiger charge is 2.36. The highest BCUT2D eigenvalue weighted by molar-refractivity contribution is 7.92. The number of nitrogens with zero attached hydrogens (tertiary/aromatic N) is 3. The number of fused-ring (bicyclic) bond motifs is 1. The third-order valence-electron chi connectivity index (χ3n) is 5.12. The summed E-state index contributed by atoms with van der Waals surface area (Å²) in [6, 6.07) is 12.9. The number of likely N-dealkylation sites (tertiary alicyclic amines) is 1. The number of rotatable bonds is 4. The van der Waals surface area contributed by atoms with E-state index in [0.29, 0.717) is 28.9 Å². The number of benzene rings is 2. The average Bonchev–Trinajstić information content (AvgIpc) is 3.22. The summed E-state index contributed by atoms with van der Waals surface area (Å²) in [7, 11) is -3.57. The molecule has 1 fully saturated rings. The zero-order valence-corrected chi connectivity index (χ0v) is 16.9. The summed E-state index contributed by atoms with van der Waals surface area (Å²) in [5.41, 5.74) is 0.268. The van der Waals surface area contributed by atoms with Crippen molar-refractivity contribution in [2.75, 3.05) is 13.1 Å². The first kappa shape index (κ1) is 19.6. The van der Waals surface area contributed by atoms with Gasteiger partial charge >= 0.3 is 0 Å². The van der Waals surface area contributed by atoms with Gasteiger partial charge in [0, 0.05) is 18.1 Å². The maximum atomic E-state index is 12.8. The maximum absolute atomic E-state index is 12.8. The van der Waals surface area contributed by atoms with Crippen LogP contribution in [0.2, 0.25) is 5.02 Å². The Balaban J connectivity index is 1.49. The van der Waals surface area contributed by atoms with Crippen molar-refractivity contribution < 1.29 is 13.2 Å². The molecule has 1 atom stereocenters. The molecule has 7 nitrogen and oxygen atoms in total. The molecule has 4 rings (SSSR count). The van der Waals surface area contributed by atoms with Crippen LogP contribution in [0, 0.1) is 0 Å². The van der Waals surface area contributed by atoms with E-state index in [1.54, 1.807) is 24.3 Å². The topological polar surface area (TPSA) is 89.3 Å². The van der Waals surface area contributed by atoms with E-state index in [4.69, 9.17) is 11.6 Å². The quantitative estimate of drug-likeness (QED) is 0.631. The Bertz CT molecular complexity index is 1240. The summed E-state index contributed by atoms with van der Waals surface area (Å²) in [6.07, 6.45) is 1.70. The lowest BCUT2D eigenvalue weighted by Crippen LogP contribution is -2.36. The number of para-hydroxylation sites is 1. The molecule has 1 saturated heterocycles. The molecule has 3 aromatic rings. The van der Waals surface area contributed by atoms with E-state index in [9.17, 15) is 18.0 Å². The summed E-state index contributed by atoms with van der Waals surface area (Å²) in [4.78, 5) is 31.1. The second-order valence-corrected chi connectivity index (χ2v) is 9.61. The Morgan fingerprint density at radius 2 is 1.86 bits per heavy atom. The lowest BCUT2D eigenvalue weighted by atomic mass is 10.2. The number of carbonyl (C=O) groups is 1. The van der Waals surface area contributed by atoms with Gasteiger partial charge in [0.2, 0.25) is 5.91 Å². The fourth-order valence-corrected chi connectivity index (χ4v) is 5.31. The zero-order valence-electron chi connectivity index (χ0n) is 15.4. The average molecular weight is 432 g/mol. The summed E-state index contributed by atoms with van der Waals surface area (Å²) in [6.45, 7) is 0.246. The Kier molecular flexibility index (Phi) is 5.14. The molecule has 0 bridgehead atoms. The Morgan fingerprint density at radius 1 is 1.14 bits per heavy atom. The van der Waals surface area contributed by atoms with Crippen LogP contribution in [0.5, 0.6) is 0 Å². The highest BCUT2D eigenvalue weighted by Crippen LogP contribution is 2.25. The van der Waals surface area contributed by atoms with Crippen LogP contribution in [0.25, 0.3) is 10.9 Å². The summed E-state index contributed by atoms with van der Waals surface area (Å²) >= 11 is 5.83. The molecular formula is C20H18ClN3O4S. The second-order valence-electron chi connectivity index (χ2n) is 6.94. The molecule has 1 aliphatic rings. The van der Waals surface area contributed by atoms with E-state index in [1.165, 1.54) is 40.1 Å². The smallest absolute Gasteiger partial charge is 0.261 e. The van der Waals surface area contributed by atoms with Gasteiger partial charge in [0.15, 0.2) is 9.84 Å². The van der Waals surface area contributed by atoms with Gasteiger partial charge in [0.1, 0.15) is 6.54 Å². The van der Waals surface area contributed by atoms with Gasteiger partial charge in [-0.15, -0.1) is 0 Å². The third kappa shape index (κ3) is 3.77. The fraction of sp³-hybridized carbons (Fsp3) is 0.250. The van der Waals surface area contributed by atoms with Crippen LogP contribution in [0.15, 0.2) is 64.5 Å². The zero-order chi connectivity index (χ0) is 20.6. The van der Waals surface area contributed by atoms with Crippen LogP contribution in [0.4, 0.5) is 0 Å². The molecular weight excluding hydrogens is 414 g/mol. The molecule has 150 valence electrons. The van der Waals surface area contributed by atoms with Crippen LogP contribution in [0.1, 0.15) is 6.42 Å². The SMILES string of the molecule is O=C(Cn1cnc2ccccc2c1=O)N1CCC(S(=O)(=O)c2ccc(Cl)cc2)C1. The number of sulfone groups is 1. The standard InChI is InChI=1S/C20H18ClN3O4S/c21-14-5-7-15(8-6-14)29(27,28)16-9-10-23(11-16)19(25)12-24-13-22-18-4-2-1-3-17(18)20(24)26/h1-8,13,16H,9-12H2. The van der Waals surface area contributed by atoms with E-state index in [2.05, 4.69) is 4.98 Å². The normalized spacial score (nSPS) is 17.0. The molecule has 0 spiro atoms. The molecule has 9 heteroatoms. The van der Waals surface area contributed by atoms with Crippen LogP contribution in [-0.4, -0.2) is 47.1 Å². The lowest BCUT2D eigenvalue weighted by Gasteiger charge is -2.17. The number of halogens is 1. The highest BCUT2D eigenvalue weighted by atomic mass is 35.5. The van der Waals surface area contributed by atoms with Gasteiger partial charge in [-0.3, -0.25) is 14.2 Å². The van der Waals surface area contributed by atoms with Crippen LogP contribution < -0.4 is 5.56 Å². The van der Waals surface area contributed by atoms with Crippen molar-refractivity contribution in [3.63, 3.8) is 0 Å². The monoisotopic (exact) mass is 431 g/mol. The van der Waals surface area contributed by atoms with Crippen molar-refractivity contribution in [2.45, 2.75) is 23.1 Å². The van der Waals surface area contributed by atoms with Gasteiger partial charge in [-0.05, 0) is 42.8 Å². The lowest BCUT2D eigenvalue weighted by molar-refractivity contribution is -0.130. The molecule has 1 amide bonds. The summed E-state index contributed by atoms with van der Waals surface area (Å²) in [5, 5.41) is 0.216. The number of amides is 1. The maximum Gasteiger partial charge on any atom is 0.261 e. The number of aromatic nitrogens is 2. The van der Waals surface area contributed by atoms with E-state index >= 15 is 0 Å². The Morgan fingerprint density at radius 3 is 2.62 bits per heavy atom. The van der Waals surface area contributed by atoms with Crippen molar-refractivity contribution in [3.8, 4) is 0 Å². The first-order valence-corrected chi connectivity index (χ1v) is 11.0. The second kappa shape index (κ2) is 7.61. The number of hydrogen-bond donors (Lipinski definition) is 0.